The Bertz CT molecular complexity index is 1170. The number of carbonyl (C=O) groups is 2. The molecule has 2 aromatic rings. The molecular formula is C26H37N3O6S. The third-order valence-electron chi connectivity index (χ3n) is 5.94. The maximum Gasteiger partial charge on any atom is 0.244 e. The average Bonchev–Trinajstić information content (AvgIpc) is 2.83. The second-order valence-electron chi connectivity index (χ2n) is 8.81. The molecule has 1 N–H and O–H groups in total. The number of amides is 2. The maximum atomic E-state index is 13.6. The Labute approximate surface area is 214 Å². The zero-order valence-corrected chi connectivity index (χ0v) is 22.9. The largest absolute Gasteiger partial charge is 0.493 e. The molecule has 0 aliphatic carbocycles. The fourth-order valence-electron chi connectivity index (χ4n) is 3.65. The average molecular weight is 520 g/mol. The summed E-state index contributed by atoms with van der Waals surface area (Å²) in [6.07, 6.45) is 1.77. The van der Waals surface area contributed by atoms with Crippen LogP contribution >= 0.6 is 0 Å². The third kappa shape index (κ3) is 7.61. The van der Waals surface area contributed by atoms with Crippen molar-refractivity contribution in [2.75, 3.05) is 31.3 Å². The van der Waals surface area contributed by atoms with Gasteiger partial charge in [-0.05, 0) is 44.9 Å². The van der Waals surface area contributed by atoms with Gasteiger partial charge in [-0.25, -0.2) is 8.42 Å². The number of methoxy groups -OCH3 is 2. The lowest BCUT2D eigenvalue weighted by Gasteiger charge is -2.32. The Hall–Kier alpha value is -3.27. The van der Waals surface area contributed by atoms with Gasteiger partial charge in [0.2, 0.25) is 21.8 Å². The molecular weight excluding hydrogens is 482 g/mol. The summed E-state index contributed by atoms with van der Waals surface area (Å²) in [5.41, 5.74) is 2.10. The summed E-state index contributed by atoms with van der Waals surface area (Å²) >= 11 is 0. The number of anilines is 1. The van der Waals surface area contributed by atoms with Gasteiger partial charge in [0.1, 0.15) is 12.6 Å². The zero-order valence-electron chi connectivity index (χ0n) is 22.1. The number of benzene rings is 2. The normalized spacial score (nSPS) is 12.9. The van der Waals surface area contributed by atoms with E-state index in [4.69, 9.17) is 9.47 Å². The summed E-state index contributed by atoms with van der Waals surface area (Å²) in [7, 11) is -0.931. The van der Waals surface area contributed by atoms with Crippen molar-refractivity contribution in [3.63, 3.8) is 0 Å². The van der Waals surface area contributed by atoms with Gasteiger partial charge in [-0.2, -0.15) is 0 Å². The Morgan fingerprint density at radius 1 is 1.03 bits per heavy atom. The van der Waals surface area contributed by atoms with E-state index in [9.17, 15) is 18.0 Å². The SMILES string of the molecule is CC[C@@H](C)NC(=O)[C@H](C)N(Cc1cccc(C)c1)C(=O)CN(c1ccc(OC)c(OC)c1)S(C)(=O)=O. The van der Waals surface area contributed by atoms with Crippen LogP contribution in [0.2, 0.25) is 0 Å². The smallest absolute Gasteiger partial charge is 0.244 e. The van der Waals surface area contributed by atoms with Crippen LogP contribution < -0.4 is 19.1 Å². The van der Waals surface area contributed by atoms with Crippen LogP contribution in [0.1, 0.15) is 38.3 Å². The number of rotatable bonds is 12. The molecule has 0 saturated carbocycles. The first-order valence-electron chi connectivity index (χ1n) is 11.8. The van der Waals surface area contributed by atoms with Gasteiger partial charge in [0.05, 0.1) is 26.2 Å². The van der Waals surface area contributed by atoms with Crippen molar-refractivity contribution in [1.29, 1.82) is 0 Å². The zero-order chi connectivity index (χ0) is 27.0. The van der Waals surface area contributed by atoms with Crippen molar-refractivity contribution in [2.45, 2.75) is 52.7 Å². The number of nitrogens with one attached hydrogen (secondary N) is 1. The molecule has 0 spiro atoms. The summed E-state index contributed by atoms with van der Waals surface area (Å²) in [6.45, 7) is 7.10. The van der Waals surface area contributed by atoms with E-state index in [1.54, 1.807) is 19.1 Å². The summed E-state index contributed by atoms with van der Waals surface area (Å²) in [5, 5.41) is 2.91. The number of ether oxygens (including phenoxy) is 2. The van der Waals surface area contributed by atoms with Crippen molar-refractivity contribution >= 4 is 27.5 Å². The van der Waals surface area contributed by atoms with Crippen molar-refractivity contribution in [1.82, 2.24) is 10.2 Å². The Morgan fingerprint density at radius 3 is 2.25 bits per heavy atom. The summed E-state index contributed by atoms with van der Waals surface area (Å²) < 4.78 is 37.0. The van der Waals surface area contributed by atoms with Crippen LogP contribution in [0.5, 0.6) is 11.5 Å². The molecule has 0 aliphatic heterocycles. The highest BCUT2D eigenvalue weighted by molar-refractivity contribution is 7.92. The van der Waals surface area contributed by atoms with E-state index in [-0.39, 0.29) is 24.2 Å². The summed E-state index contributed by atoms with van der Waals surface area (Å²) in [6, 6.07) is 11.4. The van der Waals surface area contributed by atoms with E-state index in [0.29, 0.717) is 11.5 Å². The van der Waals surface area contributed by atoms with Gasteiger partial charge in [0.15, 0.2) is 11.5 Å². The molecule has 0 fully saturated rings. The van der Waals surface area contributed by atoms with Crippen LogP contribution in [0, 0.1) is 6.92 Å². The summed E-state index contributed by atoms with van der Waals surface area (Å²) in [5.74, 6) is -0.0580. The van der Waals surface area contributed by atoms with Crippen LogP contribution in [0.25, 0.3) is 0 Å². The quantitative estimate of drug-likeness (QED) is 0.462. The molecule has 2 atom stereocenters. The maximum absolute atomic E-state index is 13.6. The molecule has 0 aliphatic rings. The second-order valence-corrected chi connectivity index (χ2v) is 10.7. The second kappa shape index (κ2) is 12.6. The van der Waals surface area contributed by atoms with Gasteiger partial charge >= 0.3 is 0 Å². The molecule has 0 unspecified atom stereocenters. The van der Waals surface area contributed by atoms with Crippen LogP contribution in [-0.2, 0) is 26.2 Å². The molecule has 2 aromatic carbocycles. The highest BCUT2D eigenvalue weighted by atomic mass is 32.2. The lowest BCUT2D eigenvalue weighted by molar-refractivity contribution is -0.139. The molecule has 9 nitrogen and oxygen atoms in total. The predicted molar refractivity (Wildman–Crippen MR) is 141 cm³/mol. The number of sulfonamides is 1. The van der Waals surface area contributed by atoms with E-state index >= 15 is 0 Å². The molecule has 198 valence electrons. The van der Waals surface area contributed by atoms with Crippen molar-refractivity contribution < 1.29 is 27.5 Å². The van der Waals surface area contributed by atoms with Gasteiger partial charge in [0, 0.05) is 18.7 Å². The highest BCUT2D eigenvalue weighted by Gasteiger charge is 2.30. The molecule has 10 heteroatoms. The van der Waals surface area contributed by atoms with E-state index < -0.39 is 28.5 Å². The molecule has 0 heterocycles. The fraction of sp³-hybridized carbons (Fsp3) is 0.462. The van der Waals surface area contributed by atoms with E-state index in [0.717, 1.165) is 28.1 Å². The summed E-state index contributed by atoms with van der Waals surface area (Å²) in [4.78, 5) is 28.0. The topological polar surface area (TPSA) is 105 Å². The van der Waals surface area contributed by atoms with Gasteiger partial charge in [0.25, 0.3) is 0 Å². The third-order valence-corrected chi connectivity index (χ3v) is 7.08. The standard InChI is InChI=1S/C26H37N3O6S/c1-8-19(3)27-26(31)20(4)28(16-21-11-9-10-18(2)14-21)25(30)17-29(36(7,32)33)22-12-13-23(34-5)24(15-22)35-6/h9-15,19-20H,8,16-17H2,1-7H3,(H,27,31)/t19-,20+/m1/s1. The Morgan fingerprint density at radius 2 is 1.69 bits per heavy atom. The van der Waals surface area contributed by atoms with Crippen molar-refractivity contribution in [3.8, 4) is 11.5 Å². The molecule has 2 amide bonds. The van der Waals surface area contributed by atoms with E-state index in [1.807, 2.05) is 45.0 Å². The van der Waals surface area contributed by atoms with Crippen LogP contribution in [0.4, 0.5) is 5.69 Å². The molecule has 0 bridgehead atoms. The van der Waals surface area contributed by atoms with Crippen molar-refractivity contribution in [2.24, 2.45) is 0 Å². The minimum atomic E-state index is -3.85. The Balaban J connectivity index is 2.44. The minimum Gasteiger partial charge on any atom is -0.493 e. The lowest BCUT2D eigenvalue weighted by Crippen LogP contribution is -2.52. The highest BCUT2D eigenvalue weighted by Crippen LogP contribution is 2.32. The monoisotopic (exact) mass is 519 g/mol. The lowest BCUT2D eigenvalue weighted by atomic mass is 10.1. The first kappa shape index (κ1) is 29.0. The first-order chi connectivity index (χ1) is 16.9. The molecule has 2 rings (SSSR count). The van der Waals surface area contributed by atoms with Gasteiger partial charge in [-0.3, -0.25) is 13.9 Å². The fourth-order valence-corrected chi connectivity index (χ4v) is 4.49. The molecule has 0 radical (unpaired) electrons. The number of aryl methyl sites for hydroxylation is 1. The van der Waals surface area contributed by atoms with Gasteiger partial charge in [-0.15, -0.1) is 0 Å². The van der Waals surface area contributed by atoms with Crippen LogP contribution in [0.15, 0.2) is 42.5 Å². The molecule has 0 aromatic heterocycles. The number of carbonyl (C=O) groups excluding carboxylic acids is 2. The number of hydrogen-bond acceptors (Lipinski definition) is 6. The molecule has 0 saturated heterocycles. The van der Waals surface area contributed by atoms with Crippen LogP contribution in [-0.4, -0.2) is 64.2 Å². The van der Waals surface area contributed by atoms with E-state index in [1.165, 1.54) is 25.2 Å². The Kier molecular flexibility index (Phi) is 10.2. The molecule has 36 heavy (non-hydrogen) atoms. The predicted octanol–water partition coefficient (Wildman–Crippen LogP) is 3.11. The van der Waals surface area contributed by atoms with E-state index in [2.05, 4.69) is 5.32 Å². The minimum absolute atomic E-state index is 0.0600. The first-order valence-corrected chi connectivity index (χ1v) is 13.6. The van der Waals surface area contributed by atoms with Gasteiger partial charge < -0.3 is 19.7 Å². The number of nitrogens with zero attached hydrogens (tertiary/aromatic N) is 2. The van der Waals surface area contributed by atoms with Crippen LogP contribution in [0.3, 0.4) is 0 Å². The van der Waals surface area contributed by atoms with Crippen molar-refractivity contribution in [3.05, 3.63) is 53.6 Å². The number of hydrogen-bond donors (Lipinski definition) is 1. The van der Waals surface area contributed by atoms with Gasteiger partial charge in [-0.1, -0.05) is 36.8 Å².